The summed E-state index contributed by atoms with van der Waals surface area (Å²) in [7, 11) is 4.89. The van der Waals surface area contributed by atoms with Crippen molar-refractivity contribution < 1.29 is 14.6 Å². The van der Waals surface area contributed by atoms with Crippen LogP contribution in [0.25, 0.3) is 11.3 Å². The molecule has 0 saturated carbocycles. The van der Waals surface area contributed by atoms with Crippen LogP contribution in [0.5, 0.6) is 17.2 Å². The van der Waals surface area contributed by atoms with E-state index in [1.165, 1.54) is 14.2 Å². The molecule has 0 saturated heterocycles. The third-order valence-electron chi connectivity index (χ3n) is 2.66. The zero-order valence-corrected chi connectivity index (χ0v) is 13.1. The molecule has 0 atom stereocenters. The minimum absolute atomic E-state index is 0. The van der Waals surface area contributed by atoms with Crippen LogP contribution in [0.15, 0.2) is 17.5 Å². The topological polar surface area (TPSA) is 63.6 Å². The molecule has 0 spiro atoms. The predicted molar refractivity (Wildman–Crippen MR) is 82.3 cm³/mol. The molecule has 0 bridgehead atoms. The Morgan fingerprint density at radius 1 is 1.25 bits per heavy atom. The lowest BCUT2D eigenvalue weighted by Crippen LogP contribution is -2.04. The van der Waals surface area contributed by atoms with Gasteiger partial charge in [0.15, 0.2) is 11.5 Å². The number of halogens is 1. The largest absolute Gasteiger partial charge is 0.502 e. The lowest BCUT2D eigenvalue weighted by molar-refractivity contribution is 0.340. The molecule has 7 heteroatoms. The number of ether oxygens (including phenoxy) is 2. The molecule has 0 radical (unpaired) electrons. The fraction of sp³-hybridized carbons (Fsp3) is 0.308. The molecule has 0 aliphatic rings. The maximum Gasteiger partial charge on any atom is 0.200 e. The van der Waals surface area contributed by atoms with Crippen LogP contribution in [0, 0.1) is 0 Å². The first-order valence-corrected chi connectivity index (χ1v) is 6.62. The number of hydrogen-bond donors (Lipinski definition) is 2. The highest BCUT2D eigenvalue weighted by Gasteiger charge is 2.13. The van der Waals surface area contributed by atoms with Gasteiger partial charge in [-0.15, -0.1) is 23.7 Å². The van der Waals surface area contributed by atoms with Crippen molar-refractivity contribution in [2.75, 3.05) is 21.3 Å². The maximum atomic E-state index is 9.87. The molecule has 1 heterocycles. The molecular formula is C13H17ClN2O3S. The number of nitrogens with zero attached hydrogens (tertiary/aromatic N) is 1. The molecule has 0 unspecified atom stereocenters. The summed E-state index contributed by atoms with van der Waals surface area (Å²) in [4.78, 5) is 4.51. The van der Waals surface area contributed by atoms with Crippen LogP contribution in [0.4, 0.5) is 0 Å². The van der Waals surface area contributed by atoms with Crippen LogP contribution < -0.4 is 14.8 Å². The number of rotatable bonds is 5. The van der Waals surface area contributed by atoms with Gasteiger partial charge < -0.3 is 19.9 Å². The first-order valence-electron chi connectivity index (χ1n) is 5.74. The summed E-state index contributed by atoms with van der Waals surface area (Å²) in [5.41, 5.74) is 1.69. The van der Waals surface area contributed by atoms with E-state index in [-0.39, 0.29) is 18.2 Å². The van der Waals surface area contributed by atoms with E-state index in [2.05, 4.69) is 10.3 Å². The van der Waals surface area contributed by atoms with E-state index in [9.17, 15) is 5.11 Å². The van der Waals surface area contributed by atoms with Gasteiger partial charge in [-0.25, -0.2) is 4.98 Å². The summed E-state index contributed by atoms with van der Waals surface area (Å²) < 4.78 is 10.3. The van der Waals surface area contributed by atoms with Gasteiger partial charge in [0.1, 0.15) is 5.01 Å². The van der Waals surface area contributed by atoms with Crippen molar-refractivity contribution in [2.24, 2.45) is 0 Å². The van der Waals surface area contributed by atoms with Crippen molar-refractivity contribution in [3.63, 3.8) is 0 Å². The van der Waals surface area contributed by atoms with Gasteiger partial charge in [-0.3, -0.25) is 0 Å². The SMILES string of the molecule is CNCc1nc(-c2cc(OC)c(O)c(OC)c2)cs1.Cl. The van der Waals surface area contributed by atoms with Crippen LogP contribution >= 0.6 is 23.7 Å². The Hall–Kier alpha value is -1.50. The summed E-state index contributed by atoms with van der Waals surface area (Å²) in [6.45, 7) is 0.733. The third kappa shape index (κ3) is 3.33. The molecule has 5 nitrogen and oxygen atoms in total. The number of benzene rings is 1. The summed E-state index contributed by atoms with van der Waals surface area (Å²) in [6, 6.07) is 3.49. The predicted octanol–water partition coefficient (Wildman–Crippen LogP) is 2.67. The number of phenolic OH excluding ortho intramolecular Hbond substituents is 1. The van der Waals surface area contributed by atoms with E-state index < -0.39 is 0 Å². The summed E-state index contributed by atoms with van der Waals surface area (Å²) >= 11 is 1.58. The fourth-order valence-electron chi connectivity index (χ4n) is 1.72. The quantitative estimate of drug-likeness (QED) is 0.888. The maximum absolute atomic E-state index is 9.87. The number of aromatic hydroxyl groups is 1. The number of thiazole rings is 1. The van der Waals surface area contributed by atoms with Gasteiger partial charge in [0.2, 0.25) is 5.75 Å². The molecule has 0 aliphatic carbocycles. The lowest BCUT2D eigenvalue weighted by Gasteiger charge is -2.10. The van der Waals surface area contributed by atoms with Crippen LogP contribution in [-0.2, 0) is 6.54 Å². The average Bonchev–Trinajstić information content (AvgIpc) is 2.88. The Labute approximate surface area is 128 Å². The molecule has 20 heavy (non-hydrogen) atoms. The van der Waals surface area contributed by atoms with Gasteiger partial charge in [-0.05, 0) is 19.2 Å². The van der Waals surface area contributed by atoms with Crippen molar-refractivity contribution in [3.05, 3.63) is 22.5 Å². The fourth-order valence-corrected chi connectivity index (χ4v) is 2.53. The zero-order valence-electron chi connectivity index (χ0n) is 11.5. The first-order chi connectivity index (χ1) is 9.19. The number of phenols is 1. The molecule has 110 valence electrons. The van der Waals surface area contributed by atoms with Gasteiger partial charge in [-0.1, -0.05) is 0 Å². The van der Waals surface area contributed by atoms with Crippen molar-refractivity contribution >= 4 is 23.7 Å². The number of nitrogens with one attached hydrogen (secondary N) is 1. The molecule has 2 N–H and O–H groups in total. The van der Waals surface area contributed by atoms with Gasteiger partial charge >= 0.3 is 0 Å². The second-order valence-corrected chi connectivity index (χ2v) is 4.83. The van der Waals surface area contributed by atoms with Gasteiger partial charge in [0.25, 0.3) is 0 Å². The summed E-state index contributed by atoms with van der Waals surface area (Å²) in [5.74, 6) is 0.745. The van der Waals surface area contributed by atoms with Gasteiger partial charge in [0, 0.05) is 17.5 Å². The van der Waals surface area contributed by atoms with Crippen LogP contribution in [0.3, 0.4) is 0 Å². The van der Waals surface area contributed by atoms with Crippen LogP contribution in [0.2, 0.25) is 0 Å². The van der Waals surface area contributed by atoms with Crippen molar-refractivity contribution in [2.45, 2.75) is 6.54 Å². The Morgan fingerprint density at radius 3 is 2.35 bits per heavy atom. The number of aromatic nitrogens is 1. The second kappa shape index (κ2) is 7.33. The van der Waals surface area contributed by atoms with Crippen molar-refractivity contribution in [1.82, 2.24) is 10.3 Å². The number of hydrogen-bond acceptors (Lipinski definition) is 6. The highest BCUT2D eigenvalue weighted by atomic mass is 35.5. The molecular weight excluding hydrogens is 300 g/mol. The average molecular weight is 317 g/mol. The minimum atomic E-state index is -0.000530. The van der Waals surface area contributed by atoms with E-state index in [1.54, 1.807) is 23.5 Å². The van der Waals surface area contributed by atoms with E-state index in [0.717, 1.165) is 22.8 Å². The standard InChI is InChI=1S/C13H16N2O3S.ClH/c1-14-6-12-15-9(7-19-12)8-4-10(17-2)13(16)11(5-8)18-3;/h4-5,7,14,16H,6H2,1-3H3;1H. The van der Waals surface area contributed by atoms with E-state index in [0.29, 0.717) is 11.5 Å². The van der Waals surface area contributed by atoms with Crippen LogP contribution in [0.1, 0.15) is 5.01 Å². The van der Waals surface area contributed by atoms with Crippen molar-refractivity contribution in [3.8, 4) is 28.5 Å². The Bertz CT molecular complexity index is 549. The lowest BCUT2D eigenvalue weighted by atomic mass is 10.1. The Kier molecular flexibility index (Phi) is 6.06. The first kappa shape index (κ1) is 16.6. The number of methoxy groups -OCH3 is 2. The highest BCUT2D eigenvalue weighted by Crippen LogP contribution is 2.40. The highest BCUT2D eigenvalue weighted by molar-refractivity contribution is 7.09. The van der Waals surface area contributed by atoms with Gasteiger partial charge in [-0.2, -0.15) is 0 Å². The van der Waals surface area contributed by atoms with E-state index >= 15 is 0 Å². The molecule has 2 aromatic rings. The molecule has 0 amide bonds. The molecule has 1 aromatic heterocycles. The normalized spacial score (nSPS) is 9.95. The van der Waals surface area contributed by atoms with Crippen LogP contribution in [-0.4, -0.2) is 31.4 Å². The molecule has 0 fully saturated rings. The molecule has 1 aromatic carbocycles. The van der Waals surface area contributed by atoms with E-state index in [4.69, 9.17) is 9.47 Å². The Balaban J connectivity index is 0.00000200. The second-order valence-electron chi connectivity index (χ2n) is 3.89. The Morgan fingerprint density at radius 2 is 1.85 bits per heavy atom. The summed E-state index contributed by atoms with van der Waals surface area (Å²) in [6.07, 6.45) is 0. The third-order valence-corrected chi connectivity index (χ3v) is 3.50. The zero-order chi connectivity index (χ0) is 13.8. The minimum Gasteiger partial charge on any atom is -0.502 e. The van der Waals surface area contributed by atoms with E-state index in [1.807, 2.05) is 12.4 Å². The smallest absolute Gasteiger partial charge is 0.200 e. The summed E-state index contributed by atoms with van der Waals surface area (Å²) in [5, 5.41) is 15.9. The van der Waals surface area contributed by atoms with Gasteiger partial charge in [0.05, 0.1) is 19.9 Å². The monoisotopic (exact) mass is 316 g/mol. The molecule has 0 aliphatic heterocycles. The van der Waals surface area contributed by atoms with Crippen molar-refractivity contribution in [1.29, 1.82) is 0 Å². The molecule has 2 rings (SSSR count).